The molecule has 24 heavy (non-hydrogen) atoms. The molecule has 0 aliphatic carbocycles. The predicted octanol–water partition coefficient (Wildman–Crippen LogP) is 3.40. The van der Waals surface area contributed by atoms with Crippen LogP contribution in [0.15, 0.2) is 53.7 Å². The van der Waals surface area contributed by atoms with Crippen molar-refractivity contribution in [2.75, 3.05) is 13.6 Å². The summed E-state index contributed by atoms with van der Waals surface area (Å²) in [5.41, 5.74) is 3.14. The summed E-state index contributed by atoms with van der Waals surface area (Å²) in [7, 11) is 1.64. The number of likely N-dealkylation sites (N-methyl/N-ethyl adjacent to an activating group) is 1. The molecule has 1 aliphatic heterocycles. The normalized spacial score (nSPS) is 16.5. The highest BCUT2D eigenvalue weighted by Crippen LogP contribution is 2.20. The number of hydrogen-bond acceptors (Lipinski definition) is 3. The molecule has 0 aromatic heterocycles. The van der Waals surface area contributed by atoms with Gasteiger partial charge in [-0.15, -0.1) is 0 Å². The fraction of sp³-hybridized carbons (Fsp3) is 0.263. The van der Waals surface area contributed by atoms with Crippen LogP contribution >= 0.6 is 0 Å². The van der Waals surface area contributed by atoms with Gasteiger partial charge in [0, 0.05) is 19.0 Å². The molecule has 1 heterocycles. The average Bonchev–Trinajstić information content (AvgIpc) is 3.03. The van der Waals surface area contributed by atoms with Gasteiger partial charge in [0.1, 0.15) is 5.82 Å². The van der Waals surface area contributed by atoms with Crippen LogP contribution in [0.25, 0.3) is 0 Å². The van der Waals surface area contributed by atoms with Crippen molar-refractivity contribution in [3.05, 3.63) is 71.0 Å². The Morgan fingerprint density at radius 2 is 1.96 bits per heavy atom. The largest absolute Gasteiger partial charge is 0.390 e. The van der Waals surface area contributed by atoms with Gasteiger partial charge in [-0.05, 0) is 24.6 Å². The maximum absolute atomic E-state index is 13.7. The minimum Gasteiger partial charge on any atom is -0.390 e. The molecular formula is C19H19FN2O2. The Morgan fingerprint density at radius 1 is 1.25 bits per heavy atom. The fourth-order valence-corrected chi connectivity index (χ4v) is 2.81. The van der Waals surface area contributed by atoms with Gasteiger partial charge in [-0.25, -0.2) is 4.39 Å². The minimum atomic E-state index is -0.515. The predicted molar refractivity (Wildman–Crippen MR) is 90.6 cm³/mol. The van der Waals surface area contributed by atoms with E-state index < -0.39 is 5.82 Å². The Hall–Kier alpha value is -2.69. The first-order valence-corrected chi connectivity index (χ1v) is 7.85. The van der Waals surface area contributed by atoms with Gasteiger partial charge in [0.15, 0.2) is 6.10 Å². The lowest BCUT2D eigenvalue weighted by Crippen LogP contribution is -2.35. The monoisotopic (exact) mass is 326 g/mol. The summed E-state index contributed by atoms with van der Waals surface area (Å²) in [6, 6.07) is 14.0. The number of amides is 1. The van der Waals surface area contributed by atoms with E-state index in [1.165, 1.54) is 17.0 Å². The Kier molecular flexibility index (Phi) is 4.60. The highest BCUT2D eigenvalue weighted by atomic mass is 19.1. The van der Waals surface area contributed by atoms with E-state index in [9.17, 15) is 9.18 Å². The molecule has 0 bridgehead atoms. The molecule has 4 nitrogen and oxygen atoms in total. The zero-order valence-corrected chi connectivity index (χ0v) is 13.7. The third-order valence-corrected chi connectivity index (χ3v) is 4.12. The van der Waals surface area contributed by atoms with Gasteiger partial charge < -0.3 is 9.74 Å². The van der Waals surface area contributed by atoms with Crippen LogP contribution in [0.4, 0.5) is 4.39 Å². The highest BCUT2D eigenvalue weighted by molar-refractivity contribution is 6.02. The summed E-state index contributed by atoms with van der Waals surface area (Å²) in [5, 5.41) is 4.16. The molecule has 1 atom stereocenters. The van der Waals surface area contributed by atoms with E-state index in [0.717, 1.165) is 16.8 Å². The van der Waals surface area contributed by atoms with Crippen LogP contribution in [0.3, 0.4) is 0 Å². The molecule has 0 fully saturated rings. The average molecular weight is 326 g/mol. The smallest absolute Gasteiger partial charge is 0.256 e. The number of carbonyl (C=O) groups is 1. The summed E-state index contributed by atoms with van der Waals surface area (Å²) in [6.07, 6.45) is 0.403. The van der Waals surface area contributed by atoms with Crippen LogP contribution in [0.5, 0.6) is 0 Å². The van der Waals surface area contributed by atoms with Crippen LogP contribution in [-0.4, -0.2) is 36.2 Å². The summed E-state index contributed by atoms with van der Waals surface area (Å²) in [6.45, 7) is 2.38. The highest BCUT2D eigenvalue weighted by Gasteiger charge is 2.26. The van der Waals surface area contributed by atoms with Gasteiger partial charge in [0.05, 0.1) is 17.8 Å². The second kappa shape index (κ2) is 6.83. The number of rotatable bonds is 4. The van der Waals surface area contributed by atoms with Crippen molar-refractivity contribution >= 4 is 11.6 Å². The third-order valence-electron chi connectivity index (χ3n) is 4.12. The van der Waals surface area contributed by atoms with E-state index in [-0.39, 0.29) is 17.6 Å². The number of aryl methyl sites for hydroxylation is 1. The Balaban J connectivity index is 1.63. The van der Waals surface area contributed by atoms with Crippen LogP contribution in [-0.2, 0) is 4.84 Å². The van der Waals surface area contributed by atoms with Gasteiger partial charge in [-0.1, -0.05) is 41.6 Å². The molecule has 5 heteroatoms. The van der Waals surface area contributed by atoms with E-state index in [0.29, 0.717) is 13.0 Å². The van der Waals surface area contributed by atoms with Crippen molar-refractivity contribution in [1.82, 2.24) is 4.90 Å². The summed E-state index contributed by atoms with van der Waals surface area (Å²) in [5.74, 6) is -0.875. The summed E-state index contributed by atoms with van der Waals surface area (Å²) >= 11 is 0. The van der Waals surface area contributed by atoms with Gasteiger partial charge >= 0.3 is 0 Å². The van der Waals surface area contributed by atoms with Gasteiger partial charge in [-0.2, -0.15) is 0 Å². The first-order chi connectivity index (χ1) is 11.6. The molecule has 1 aliphatic rings. The number of oxime groups is 1. The van der Waals surface area contributed by atoms with Crippen molar-refractivity contribution in [2.45, 2.75) is 19.4 Å². The topological polar surface area (TPSA) is 41.9 Å². The second-order valence-electron chi connectivity index (χ2n) is 5.95. The van der Waals surface area contributed by atoms with Crippen LogP contribution in [0.2, 0.25) is 0 Å². The fourth-order valence-electron chi connectivity index (χ4n) is 2.81. The number of halogens is 1. The molecular weight excluding hydrogens is 307 g/mol. The van der Waals surface area contributed by atoms with Crippen LogP contribution in [0.1, 0.15) is 27.9 Å². The van der Waals surface area contributed by atoms with Gasteiger partial charge in [0.2, 0.25) is 0 Å². The van der Waals surface area contributed by atoms with E-state index in [2.05, 4.69) is 5.16 Å². The lowest BCUT2D eigenvalue weighted by atomic mass is 10.0. The lowest BCUT2D eigenvalue weighted by molar-refractivity contribution is 0.0479. The van der Waals surface area contributed by atoms with Crippen LogP contribution < -0.4 is 0 Å². The first-order valence-electron chi connectivity index (χ1n) is 7.85. The van der Waals surface area contributed by atoms with Crippen molar-refractivity contribution in [3.8, 4) is 0 Å². The Morgan fingerprint density at radius 3 is 2.71 bits per heavy atom. The molecule has 0 radical (unpaired) electrons. The van der Waals surface area contributed by atoms with Crippen LogP contribution in [0, 0.1) is 12.7 Å². The van der Waals surface area contributed by atoms with Crippen molar-refractivity contribution in [3.63, 3.8) is 0 Å². The number of benzene rings is 2. The number of hydrogen-bond donors (Lipinski definition) is 0. The molecule has 124 valence electrons. The first kappa shape index (κ1) is 16.2. The second-order valence-corrected chi connectivity index (χ2v) is 5.95. The molecule has 1 amide bonds. The van der Waals surface area contributed by atoms with Crippen molar-refractivity contribution in [2.24, 2.45) is 5.16 Å². The molecule has 3 rings (SSSR count). The van der Waals surface area contributed by atoms with E-state index in [1.807, 2.05) is 31.2 Å². The van der Waals surface area contributed by atoms with Gasteiger partial charge in [-0.3, -0.25) is 4.79 Å². The van der Waals surface area contributed by atoms with E-state index >= 15 is 0 Å². The van der Waals surface area contributed by atoms with Crippen molar-refractivity contribution < 1.29 is 14.0 Å². The number of carbonyl (C=O) groups excluding carboxylic acids is 1. The lowest BCUT2D eigenvalue weighted by Gasteiger charge is -2.20. The molecule has 2 aromatic rings. The van der Waals surface area contributed by atoms with Gasteiger partial charge in [0.25, 0.3) is 5.91 Å². The maximum atomic E-state index is 13.7. The Bertz CT molecular complexity index is 788. The number of nitrogens with zero attached hydrogens (tertiary/aromatic N) is 2. The van der Waals surface area contributed by atoms with E-state index in [1.54, 1.807) is 19.2 Å². The molecule has 0 N–H and O–H groups in total. The molecule has 0 saturated heterocycles. The zero-order chi connectivity index (χ0) is 17.1. The minimum absolute atomic E-state index is 0.0676. The maximum Gasteiger partial charge on any atom is 0.256 e. The molecule has 0 unspecified atom stereocenters. The quantitative estimate of drug-likeness (QED) is 0.864. The zero-order valence-electron chi connectivity index (χ0n) is 13.7. The molecule has 0 saturated carbocycles. The third kappa shape index (κ3) is 3.30. The Labute approximate surface area is 140 Å². The van der Waals surface area contributed by atoms with E-state index in [4.69, 9.17) is 4.84 Å². The molecule has 2 aromatic carbocycles. The SMILES string of the molecule is Cc1ccccc1C1=NO[C@@H](CN(C)C(=O)c2ccccc2F)C1. The standard InChI is InChI=1S/C19H19FN2O2/c1-13-7-3-4-8-15(13)18-11-14(24-21-18)12-22(2)19(23)16-9-5-6-10-17(16)20/h3-10,14H,11-12H2,1-2H3/t14-/m1/s1. The summed E-state index contributed by atoms with van der Waals surface area (Å²) in [4.78, 5) is 19.3. The summed E-state index contributed by atoms with van der Waals surface area (Å²) < 4.78 is 13.7. The van der Waals surface area contributed by atoms with Crippen molar-refractivity contribution in [1.29, 1.82) is 0 Å². The molecule has 0 spiro atoms.